The molecule has 0 aromatic heterocycles. The van der Waals surface area contributed by atoms with Gasteiger partial charge in [-0.2, -0.15) is 0 Å². The van der Waals surface area contributed by atoms with Crippen LogP contribution in [0.2, 0.25) is 0 Å². The molecule has 0 spiro atoms. The third-order valence-electron chi connectivity index (χ3n) is 7.42. The first-order chi connectivity index (χ1) is 19.0. The van der Waals surface area contributed by atoms with E-state index in [0.29, 0.717) is 13.0 Å². The molecule has 2 saturated heterocycles. The lowest BCUT2D eigenvalue weighted by Gasteiger charge is -2.39. The number of hydrogen-bond donors (Lipinski definition) is 3. The number of rotatable bonds is 12. The van der Waals surface area contributed by atoms with Crippen molar-refractivity contribution in [3.8, 4) is 0 Å². The first kappa shape index (κ1) is 29.2. The third kappa shape index (κ3) is 9.42. The van der Waals surface area contributed by atoms with Crippen LogP contribution < -0.4 is 10.6 Å². The summed E-state index contributed by atoms with van der Waals surface area (Å²) < 4.78 is 13.0. The molecule has 0 radical (unpaired) electrons. The minimum atomic E-state index is -0.540. The molecule has 2 aliphatic heterocycles. The van der Waals surface area contributed by atoms with Gasteiger partial charge in [0.1, 0.15) is 0 Å². The Morgan fingerprint density at radius 2 is 1.77 bits per heavy atom. The normalized spacial score (nSPS) is 21.8. The molecule has 2 aromatic rings. The molecule has 3 atom stereocenters. The fraction of sp³-hybridized carbons (Fsp3) is 0.548. The van der Waals surface area contributed by atoms with E-state index in [4.69, 9.17) is 9.47 Å². The largest absolute Gasteiger partial charge is 0.392 e. The topological polar surface area (TPSA) is 100 Å². The maximum atomic E-state index is 12.5. The number of aliphatic hydroxyl groups excluding tert-OH is 1. The highest BCUT2D eigenvalue weighted by Gasteiger charge is 2.33. The van der Waals surface area contributed by atoms with Gasteiger partial charge in [-0.15, -0.1) is 0 Å². The maximum absolute atomic E-state index is 12.5. The van der Waals surface area contributed by atoms with Gasteiger partial charge in [0.2, 0.25) is 11.8 Å². The zero-order valence-electron chi connectivity index (χ0n) is 23.1. The van der Waals surface area contributed by atoms with Crippen LogP contribution in [0, 0.1) is 0 Å². The van der Waals surface area contributed by atoms with Crippen molar-refractivity contribution in [1.29, 1.82) is 0 Å². The summed E-state index contributed by atoms with van der Waals surface area (Å²) in [5.41, 5.74) is 3.56. The molecule has 0 unspecified atom stereocenters. The van der Waals surface area contributed by atoms with Crippen LogP contribution in [-0.2, 0) is 25.7 Å². The van der Waals surface area contributed by atoms with Gasteiger partial charge in [-0.25, -0.2) is 0 Å². The van der Waals surface area contributed by atoms with E-state index in [1.54, 1.807) is 0 Å². The lowest BCUT2D eigenvalue weighted by atomic mass is 9.99. The molecule has 2 fully saturated rings. The Hall–Kier alpha value is -2.78. The van der Waals surface area contributed by atoms with Crippen LogP contribution in [0.25, 0.3) is 0 Å². The van der Waals surface area contributed by atoms with Crippen molar-refractivity contribution in [3.63, 3.8) is 0 Å². The number of carbonyl (C=O) groups excluding carboxylic acids is 2. The predicted molar refractivity (Wildman–Crippen MR) is 151 cm³/mol. The lowest BCUT2D eigenvalue weighted by molar-refractivity contribution is -0.253. The summed E-state index contributed by atoms with van der Waals surface area (Å²) in [5, 5.41) is 15.2. The van der Waals surface area contributed by atoms with E-state index >= 15 is 0 Å². The Bertz CT molecular complexity index is 1050. The fourth-order valence-corrected chi connectivity index (χ4v) is 5.30. The van der Waals surface area contributed by atoms with Gasteiger partial charge in [-0.3, -0.25) is 9.59 Å². The van der Waals surface area contributed by atoms with E-state index in [2.05, 4.69) is 15.5 Å². The SMILES string of the molecule is CC(=O)NCCCCCC(=O)Nc1cccc([C@@H]2O[C@H](CN3CCCCC3)C[C@H](c3ccc(CO)cc3)O2)c1. The number of benzene rings is 2. The number of aliphatic hydroxyl groups is 1. The van der Waals surface area contributed by atoms with Gasteiger partial charge in [-0.1, -0.05) is 49.2 Å². The predicted octanol–water partition coefficient (Wildman–Crippen LogP) is 4.85. The zero-order chi connectivity index (χ0) is 27.5. The summed E-state index contributed by atoms with van der Waals surface area (Å²) in [5.74, 6) is -0.0516. The number of anilines is 1. The summed E-state index contributed by atoms with van der Waals surface area (Å²) in [6.07, 6.45) is 6.85. The lowest BCUT2D eigenvalue weighted by Crippen LogP contribution is -2.41. The van der Waals surface area contributed by atoms with E-state index in [9.17, 15) is 14.7 Å². The van der Waals surface area contributed by atoms with E-state index in [1.165, 1.54) is 26.2 Å². The van der Waals surface area contributed by atoms with Crippen molar-refractivity contribution < 1.29 is 24.2 Å². The smallest absolute Gasteiger partial charge is 0.224 e. The van der Waals surface area contributed by atoms with Crippen LogP contribution in [0.4, 0.5) is 5.69 Å². The van der Waals surface area contributed by atoms with Gasteiger partial charge in [0.05, 0.1) is 18.8 Å². The number of piperidine rings is 1. The quantitative estimate of drug-likeness (QED) is 0.335. The number of hydrogen-bond acceptors (Lipinski definition) is 6. The second-order valence-electron chi connectivity index (χ2n) is 10.7. The van der Waals surface area contributed by atoms with E-state index in [-0.39, 0.29) is 30.6 Å². The minimum Gasteiger partial charge on any atom is -0.392 e. The average molecular weight is 538 g/mol. The van der Waals surface area contributed by atoms with Crippen LogP contribution in [0.1, 0.15) is 87.4 Å². The van der Waals surface area contributed by atoms with Crippen LogP contribution in [0.5, 0.6) is 0 Å². The molecule has 2 heterocycles. The van der Waals surface area contributed by atoms with E-state index < -0.39 is 6.29 Å². The van der Waals surface area contributed by atoms with Crippen LogP contribution in [0.15, 0.2) is 48.5 Å². The molecular weight excluding hydrogens is 494 g/mol. The van der Waals surface area contributed by atoms with Crippen molar-refractivity contribution in [3.05, 3.63) is 65.2 Å². The van der Waals surface area contributed by atoms with Crippen molar-refractivity contribution in [2.24, 2.45) is 0 Å². The Kier molecular flexibility index (Phi) is 11.3. The second-order valence-corrected chi connectivity index (χ2v) is 10.7. The summed E-state index contributed by atoms with van der Waals surface area (Å²) in [4.78, 5) is 26.0. The molecular formula is C31H43N3O5. The molecule has 2 amide bonds. The Morgan fingerprint density at radius 1 is 0.974 bits per heavy atom. The summed E-state index contributed by atoms with van der Waals surface area (Å²) in [7, 11) is 0. The Morgan fingerprint density at radius 3 is 2.51 bits per heavy atom. The number of carbonyl (C=O) groups is 2. The number of ether oxygens (including phenoxy) is 2. The van der Waals surface area contributed by atoms with Gasteiger partial charge in [0, 0.05) is 44.1 Å². The number of likely N-dealkylation sites (tertiary alicyclic amines) is 1. The highest BCUT2D eigenvalue weighted by atomic mass is 16.7. The van der Waals surface area contributed by atoms with Gasteiger partial charge in [-0.05, 0) is 62.0 Å². The summed E-state index contributed by atoms with van der Waals surface area (Å²) >= 11 is 0. The van der Waals surface area contributed by atoms with Crippen LogP contribution >= 0.6 is 0 Å². The van der Waals surface area contributed by atoms with Gasteiger partial charge < -0.3 is 30.1 Å². The highest BCUT2D eigenvalue weighted by molar-refractivity contribution is 5.90. The third-order valence-corrected chi connectivity index (χ3v) is 7.42. The van der Waals surface area contributed by atoms with Crippen molar-refractivity contribution in [2.45, 2.75) is 83.4 Å². The fourth-order valence-electron chi connectivity index (χ4n) is 5.30. The molecule has 212 valence electrons. The second kappa shape index (κ2) is 15.1. The van der Waals surface area contributed by atoms with Crippen molar-refractivity contribution in [2.75, 3.05) is 31.5 Å². The number of nitrogens with one attached hydrogen (secondary N) is 2. The van der Waals surface area contributed by atoms with Gasteiger partial charge >= 0.3 is 0 Å². The summed E-state index contributed by atoms with van der Waals surface area (Å²) in [6.45, 7) is 5.27. The van der Waals surface area contributed by atoms with E-state index in [1.807, 2.05) is 48.5 Å². The minimum absolute atomic E-state index is 0.0186. The first-order valence-corrected chi connectivity index (χ1v) is 14.4. The molecule has 0 bridgehead atoms. The standard InChI is InChI=1S/C31H43N3O5/c1-23(36)32-16-5-2-4-11-30(37)33-27-10-8-9-26(19-27)31-38-28(21-34-17-6-3-7-18-34)20-29(39-31)25-14-12-24(22-35)13-15-25/h8-10,12-15,19,28-29,31,35H,2-7,11,16-18,20-22H2,1H3,(H,32,36)(H,33,37)/t28-,29+,31+/m0/s1. The van der Waals surface area contributed by atoms with Crippen molar-refractivity contribution in [1.82, 2.24) is 10.2 Å². The molecule has 3 N–H and O–H groups in total. The Labute approximate surface area is 232 Å². The zero-order valence-corrected chi connectivity index (χ0v) is 23.1. The Balaban J connectivity index is 1.38. The molecule has 2 aromatic carbocycles. The summed E-state index contributed by atoms with van der Waals surface area (Å²) in [6, 6.07) is 15.7. The van der Waals surface area contributed by atoms with Crippen LogP contribution in [0.3, 0.4) is 0 Å². The number of nitrogens with zero attached hydrogens (tertiary/aromatic N) is 1. The molecule has 8 nitrogen and oxygen atoms in total. The van der Waals surface area contributed by atoms with Crippen molar-refractivity contribution >= 4 is 17.5 Å². The number of unbranched alkanes of at least 4 members (excludes halogenated alkanes) is 2. The molecule has 4 rings (SSSR count). The average Bonchev–Trinajstić information content (AvgIpc) is 2.95. The van der Waals surface area contributed by atoms with Crippen LogP contribution in [-0.4, -0.2) is 54.1 Å². The highest BCUT2D eigenvalue weighted by Crippen LogP contribution is 2.38. The molecule has 8 heteroatoms. The molecule has 0 saturated carbocycles. The molecule has 39 heavy (non-hydrogen) atoms. The van der Waals surface area contributed by atoms with E-state index in [0.717, 1.165) is 67.7 Å². The monoisotopic (exact) mass is 537 g/mol. The maximum Gasteiger partial charge on any atom is 0.224 e. The first-order valence-electron chi connectivity index (χ1n) is 14.4. The number of amides is 2. The molecule has 2 aliphatic rings. The molecule has 0 aliphatic carbocycles. The van der Waals surface area contributed by atoms with Gasteiger partial charge in [0.25, 0.3) is 0 Å². The van der Waals surface area contributed by atoms with Gasteiger partial charge in [0.15, 0.2) is 6.29 Å².